The predicted octanol–water partition coefficient (Wildman–Crippen LogP) is 2.64. The fraction of sp³-hybridized carbons (Fsp3) is 0.211. The monoisotopic (exact) mass is 379 g/mol. The van der Waals surface area contributed by atoms with Gasteiger partial charge in [0.15, 0.2) is 0 Å². The second-order valence-electron chi connectivity index (χ2n) is 5.88. The fourth-order valence-electron chi connectivity index (χ4n) is 2.79. The van der Waals surface area contributed by atoms with Gasteiger partial charge in [0.2, 0.25) is 12.1 Å². The highest BCUT2D eigenvalue weighted by Crippen LogP contribution is 2.27. The number of carbonyl (C=O) groups is 1. The highest BCUT2D eigenvalue weighted by Gasteiger charge is 2.38. The molecule has 0 unspecified atom stereocenters. The first-order valence-corrected chi connectivity index (χ1v) is 8.54. The van der Waals surface area contributed by atoms with Crippen molar-refractivity contribution in [2.75, 3.05) is 11.6 Å². The number of benzene rings is 2. The van der Waals surface area contributed by atoms with E-state index < -0.39 is 17.2 Å². The normalized spacial score (nSPS) is 16.5. The number of hydrogen-bond donors (Lipinski definition) is 0. The summed E-state index contributed by atoms with van der Waals surface area (Å²) in [7, 11) is 0. The Bertz CT molecular complexity index is 937. The minimum atomic E-state index is -0.892. The van der Waals surface area contributed by atoms with Crippen LogP contribution in [0.1, 0.15) is 12.5 Å². The highest BCUT2D eigenvalue weighted by atomic mass is 16.6. The highest BCUT2D eigenvalue weighted by molar-refractivity contribution is 6.45. The van der Waals surface area contributed by atoms with Gasteiger partial charge >= 0.3 is 0 Å². The number of non-ortho nitro benzene ring substituents is 1. The van der Waals surface area contributed by atoms with E-state index in [0.717, 1.165) is 5.56 Å². The molecule has 1 atom stereocenters. The molecule has 0 saturated carbocycles. The maximum Gasteiger partial charge on any atom is 0.289 e. The Morgan fingerprint density at radius 2 is 1.89 bits per heavy atom. The van der Waals surface area contributed by atoms with E-state index >= 15 is 0 Å². The number of anilines is 1. The van der Waals surface area contributed by atoms with Crippen LogP contribution in [0.25, 0.3) is 0 Å². The molecule has 0 saturated heterocycles. The van der Waals surface area contributed by atoms with Gasteiger partial charge < -0.3 is 4.74 Å². The predicted molar refractivity (Wildman–Crippen MR) is 101 cm³/mol. The van der Waals surface area contributed by atoms with Crippen molar-refractivity contribution < 1.29 is 14.5 Å². The number of nitriles is 1. The van der Waals surface area contributed by atoms with Gasteiger partial charge in [-0.3, -0.25) is 19.8 Å². The number of hydrogen-bond acceptors (Lipinski definition) is 7. The second-order valence-corrected chi connectivity index (χ2v) is 5.88. The topological polar surface area (TPSA) is 112 Å². The zero-order chi connectivity index (χ0) is 20.1. The molecule has 1 heterocycles. The smallest absolute Gasteiger partial charge is 0.289 e. The Hall–Kier alpha value is -3.77. The summed E-state index contributed by atoms with van der Waals surface area (Å²) in [6.07, 6.45) is -0.892. The van der Waals surface area contributed by atoms with Crippen molar-refractivity contribution in [2.24, 2.45) is 5.10 Å². The van der Waals surface area contributed by atoms with Gasteiger partial charge in [-0.05, 0) is 24.6 Å². The standard InChI is InChI=1S/C19H17N5O4/c1-2-28-19-22(13-14-6-4-3-5-7-14)18(25)17(12-20)21-23(19)15-8-10-16(11-9-15)24(26)27/h3-11,19H,2,13H2,1H3/t19-/m1/s1. The van der Waals surface area contributed by atoms with Crippen LogP contribution >= 0.6 is 0 Å². The summed E-state index contributed by atoms with van der Waals surface area (Å²) < 4.78 is 5.76. The second kappa shape index (κ2) is 8.28. The molecule has 0 fully saturated rings. The van der Waals surface area contributed by atoms with Gasteiger partial charge in [0.25, 0.3) is 11.6 Å². The van der Waals surface area contributed by atoms with E-state index in [4.69, 9.17) is 4.74 Å². The zero-order valence-electron chi connectivity index (χ0n) is 15.1. The lowest BCUT2D eigenvalue weighted by atomic mass is 10.2. The van der Waals surface area contributed by atoms with Gasteiger partial charge in [-0.1, -0.05) is 30.3 Å². The van der Waals surface area contributed by atoms with Crippen molar-refractivity contribution in [3.05, 3.63) is 70.3 Å². The lowest BCUT2D eigenvalue weighted by Gasteiger charge is -2.40. The maximum atomic E-state index is 12.7. The number of nitro benzene ring substituents is 1. The van der Waals surface area contributed by atoms with Gasteiger partial charge in [0.05, 0.1) is 17.2 Å². The number of rotatable bonds is 6. The number of hydrazone groups is 1. The molecule has 3 rings (SSSR count). The van der Waals surface area contributed by atoms with Gasteiger partial charge in [-0.15, -0.1) is 0 Å². The first-order chi connectivity index (χ1) is 13.5. The van der Waals surface area contributed by atoms with Crippen molar-refractivity contribution in [1.29, 1.82) is 5.26 Å². The molecule has 9 nitrogen and oxygen atoms in total. The summed E-state index contributed by atoms with van der Waals surface area (Å²) >= 11 is 0. The first-order valence-electron chi connectivity index (χ1n) is 8.54. The number of ether oxygens (including phenoxy) is 1. The van der Waals surface area contributed by atoms with Crippen molar-refractivity contribution in [2.45, 2.75) is 19.8 Å². The van der Waals surface area contributed by atoms with Crippen molar-refractivity contribution in [1.82, 2.24) is 4.90 Å². The fourth-order valence-corrected chi connectivity index (χ4v) is 2.79. The molecule has 9 heteroatoms. The number of carbonyl (C=O) groups excluding carboxylic acids is 1. The molecule has 0 aliphatic carbocycles. The Labute approximate surface area is 161 Å². The van der Waals surface area contributed by atoms with Crippen molar-refractivity contribution >= 4 is 23.0 Å². The number of nitro groups is 1. The molecular formula is C19H17N5O4. The zero-order valence-corrected chi connectivity index (χ0v) is 15.1. The van der Waals surface area contributed by atoms with Crippen LogP contribution in [0.5, 0.6) is 0 Å². The Morgan fingerprint density at radius 3 is 2.46 bits per heavy atom. The first kappa shape index (κ1) is 19.0. The molecule has 2 aromatic rings. The van der Waals surface area contributed by atoms with Crippen LogP contribution in [0.15, 0.2) is 59.7 Å². The van der Waals surface area contributed by atoms with E-state index in [0.29, 0.717) is 12.3 Å². The average Bonchev–Trinajstić information content (AvgIpc) is 2.72. The van der Waals surface area contributed by atoms with E-state index in [1.807, 2.05) is 36.4 Å². The maximum absolute atomic E-state index is 12.7. The molecule has 1 amide bonds. The molecule has 0 N–H and O–H groups in total. The van der Waals surface area contributed by atoms with Crippen LogP contribution in [0, 0.1) is 21.4 Å². The van der Waals surface area contributed by atoms with E-state index in [9.17, 15) is 20.2 Å². The summed E-state index contributed by atoms with van der Waals surface area (Å²) in [5.74, 6) is -0.539. The van der Waals surface area contributed by atoms with Crippen LogP contribution < -0.4 is 5.01 Å². The lowest BCUT2D eigenvalue weighted by molar-refractivity contribution is -0.384. The average molecular weight is 379 g/mol. The number of amides is 1. The molecule has 1 aliphatic rings. The molecule has 1 aliphatic heterocycles. The van der Waals surface area contributed by atoms with Gasteiger partial charge in [0, 0.05) is 18.7 Å². The molecule has 0 radical (unpaired) electrons. The summed E-state index contributed by atoms with van der Waals surface area (Å²) in [5.41, 5.74) is 0.964. The summed E-state index contributed by atoms with van der Waals surface area (Å²) in [6.45, 7) is 2.29. The largest absolute Gasteiger partial charge is 0.339 e. The molecule has 0 spiro atoms. The van der Waals surface area contributed by atoms with Crippen LogP contribution in [-0.2, 0) is 16.1 Å². The number of nitrogens with zero attached hydrogens (tertiary/aromatic N) is 5. The van der Waals surface area contributed by atoms with Crippen LogP contribution in [-0.4, -0.2) is 34.4 Å². The molecule has 0 bridgehead atoms. The molecule has 28 heavy (non-hydrogen) atoms. The third kappa shape index (κ3) is 3.82. The SMILES string of the molecule is CCO[C@@H]1N(Cc2ccccc2)C(=O)C(C#N)=NN1c1ccc([N+](=O)[O-])cc1. The molecular weight excluding hydrogens is 362 g/mol. The summed E-state index contributed by atoms with van der Waals surface area (Å²) in [6, 6.07) is 16.8. The molecule has 142 valence electrons. The lowest BCUT2D eigenvalue weighted by Crippen LogP contribution is -2.56. The molecule has 2 aromatic carbocycles. The van der Waals surface area contributed by atoms with E-state index in [-0.39, 0.29) is 17.9 Å². The van der Waals surface area contributed by atoms with Crippen LogP contribution in [0.2, 0.25) is 0 Å². The van der Waals surface area contributed by atoms with Crippen molar-refractivity contribution in [3.8, 4) is 6.07 Å². The minimum absolute atomic E-state index is 0.0737. The third-order valence-corrected chi connectivity index (χ3v) is 4.09. The van der Waals surface area contributed by atoms with Gasteiger partial charge in [0.1, 0.15) is 6.07 Å². The van der Waals surface area contributed by atoms with Gasteiger partial charge in [-0.2, -0.15) is 10.4 Å². The Balaban J connectivity index is 2.01. The minimum Gasteiger partial charge on any atom is -0.339 e. The Morgan fingerprint density at radius 1 is 1.21 bits per heavy atom. The Kier molecular flexibility index (Phi) is 5.62. The van der Waals surface area contributed by atoms with Crippen molar-refractivity contribution in [3.63, 3.8) is 0 Å². The molecule has 0 aromatic heterocycles. The third-order valence-electron chi connectivity index (χ3n) is 4.09. The quantitative estimate of drug-likeness (QED) is 0.563. The summed E-state index contributed by atoms with van der Waals surface area (Å²) in [4.78, 5) is 24.5. The summed E-state index contributed by atoms with van der Waals surface area (Å²) in [5, 5.41) is 25.8. The van der Waals surface area contributed by atoms with Gasteiger partial charge in [-0.25, -0.2) is 5.01 Å². The van der Waals surface area contributed by atoms with E-state index in [2.05, 4.69) is 5.10 Å². The van der Waals surface area contributed by atoms with Crippen LogP contribution in [0.3, 0.4) is 0 Å². The van der Waals surface area contributed by atoms with Crippen LogP contribution in [0.4, 0.5) is 11.4 Å². The van der Waals surface area contributed by atoms with E-state index in [1.54, 1.807) is 6.92 Å². The van der Waals surface area contributed by atoms with E-state index in [1.165, 1.54) is 34.2 Å².